The van der Waals surface area contributed by atoms with Crippen molar-refractivity contribution in [1.82, 2.24) is 9.47 Å². The molecule has 0 saturated carbocycles. The lowest BCUT2D eigenvalue weighted by Crippen LogP contribution is -2.47. The average molecular weight is 345 g/mol. The maximum atomic E-state index is 12.6. The number of likely N-dealkylation sites (tertiary alicyclic amines) is 1. The van der Waals surface area contributed by atoms with Gasteiger partial charge in [0, 0.05) is 44.0 Å². The Kier molecular flexibility index (Phi) is 5.30. The highest BCUT2D eigenvalue weighted by atomic mass is 16.5. The van der Waals surface area contributed by atoms with Crippen molar-refractivity contribution in [2.75, 3.05) is 38.7 Å². The van der Waals surface area contributed by atoms with E-state index in [1.807, 2.05) is 31.3 Å². The highest BCUT2D eigenvalue weighted by molar-refractivity contribution is 5.93. The molecular formula is C19H27N3O3. The normalized spacial score (nSPS) is 20.8. The average Bonchev–Trinajstić information content (AvgIpc) is 3.02. The van der Waals surface area contributed by atoms with E-state index in [-0.39, 0.29) is 18.1 Å². The largest absolute Gasteiger partial charge is 0.396 e. The van der Waals surface area contributed by atoms with Crippen molar-refractivity contribution in [1.29, 1.82) is 0 Å². The van der Waals surface area contributed by atoms with Crippen molar-refractivity contribution < 1.29 is 14.6 Å². The number of carbonyl (C=O) groups is 1. The van der Waals surface area contributed by atoms with Crippen molar-refractivity contribution in [3.05, 3.63) is 30.5 Å². The van der Waals surface area contributed by atoms with Crippen molar-refractivity contribution >= 4 is 22.6 Å². The van der Waals surface area contributed by atoms with E-state index in [9.17, 15) is 9.90 Å². The number of aliphatic hydroxyl groups excluding tert-OH is 1. The zero-order valence-electron chi connectivity index (χ0n) is 15.0. The van der Waals surface area contributed by atoms with E-state index in [1.54, 1.807) is 12.0 Å². The minimum atomic E-state index is -0.200. The zero-order valence-corrected chi connectivity index (χ0v) is 15.0. The molecule has 0 bridgehead atoms. The molecule has 25 heavy (non-hydrogen) atoms. The van der Waals surface area contributed by atoms with Gasteiger partial charge < -0.3 is 24.6 Å². The number of piperidine rings is 1. The summed E-state index contributed by atoms with van der Waals surface area (Å²) in [6.45, 7) is 4.87. The first-order valence-electron chi connectivity index (χ1n) is 8.79. The lowest BCUT2D eigenvalue weighted by molar-refractivity contribution is 0.0648. The lowest BCUT2D eigenvalue weighted by Gasteiger charge is -2.39. The molecule has 1 aromatic carbocycles. The highest BCUT2D eigenvalue weighted by Crippen LogP contribution is 2.29. The summed E-state index contributed by atoms with van der Waals surface area (Å²) < 4.78 is 7.27. The molecule has 1 aromatic heterocycles. The van der Waals surface area contributed by atoms with Crippen LogP contribution in [0.25, 0.3) is 10.9 Å². The lowest BCUT2D eigenvalue weighted by atomic mass is 9.83. The first kappa shape index (κ1) is 17.8. The van der Waals surface area contributed by atoms with Gasteiger partial charge in [-0.3, -0.25) is 0 Å². The number of hydrogen-bond acceptors (Lipinski definition) is 3. The maximum absolute atomic E-state index is 12.6. The molecule has 0 aliphatic carbocycles. The molecule has 1 atom stereocenters. The van der Waals surface area contributed by atoms with Gasteiger partial charge in [-0.15, -0.1) is 0 Å². The van der Waals surface area contributed by atoms with Crippen molar-refractivity contribution in [2.24, 2.45) is 5.41 Å². The summed E-state index contributed by atoms with van der Waals surface area (Å²) in [6.07, 6.45) is 3.91. The molecule has 136 valence electrons. The maximum Gasteiger partial charge on any atom is 0.321 e. The topological polar surface area (TPSA) is 66.7 Å². The van der Waals surface area contributed by atoms with Gasteiger partial charge in [-0.2, -0.15) is 0 Å². The van der Waals surface area contributed by atoms with Gasteiger partial charge in [0.25, 0.3) is 0 Å². The molecule has 1 unspecified atom stereocenters. The molecule has 2 N–H and O–H groups in total. The Morgan fingerprint density at radius 2 is 2.24 bits per heavy atom. The molecule has 0 spiro atoms. The molecule has 2 aromatic rings. The first-order valence-corrected chi connectivity index (χ1v) is 8.79. The van der Waals surface area contributed by atoms with Crippen molar-refractivity contribution in [2.45, 2.75) is 26.3 Å². The van der Waals surface area contributed by atoms with Crippen LogP contribution in [0.4, 0.5) is 10.5 Å². The quantitative estimate of drug-likeness (QED) is 0.876. The van der Waals surface area contributed by atoms with Gasteiger partial charge in [-0.1, -0.05) is 13.0 Å². The van der Waals surface area contributed by atoms with Gasteiger partial charge in [0.05, 0.1) is 18.7 Å². The van der Waals surface area contributed by atoms with Gasteiger partial charge in [0.2, 0.25) is 0 Å². The molecular weight excluding hydrogens is 318 g/mol. The first-order chi connectivity index (χ1) is 12.0. The Morgan fingerprint density at radius 1 is 1.40 bits per heavy atom. The Balaban J connectivity index is 1.72. The second-order valence-corrected chi connectivity index (χ2v) is 7.20. The van der Waals surface area contributed by atoms with Crippen LogP contribution >= 0.6 is 0 Å². The molecule has 6 heteroatoms. The summed E-state index contributed by atoms with van der Waals surface area (Å²) in [4.78, 5) is 14.4. The number of aromatic nitrogens is 1. The van der Waals surface area contributed by atoms with Crippen LogP contribution in [0.1, 0.15) is 19.8 Å². The van der Waals surface area contributed by atoms with Gasteiger partial charge in [0.15, 0.2) is 0 Å². The summed E-state index contributed by atoms with van der Waals surface area (Å²) in [5.74, 6) is 0. The van der Waals surface area contributed by atoms with E-state index < -0.39 is 0 Å². The van der Waals surface area contributed by atoms with Crippen LogP contribution in [0.5, 0.6) is 0 Å². The number of amides is 2. The third-order valence-corrected chi connectivity index (χ3v) is 5.01. The van der Waals surface area contributed by atoms with Crippen LogP contribution in [0.2, 0.25) is 0 Å². The summed E-state index contributed by atoms with van der Waals surface area (Å²) in [5, 5.41) is 13.7. The number of fused-ring (bicyclic) bond motifs is 1. The van der Waals surface area contributed by atoms with Crippen LogP contribution in [0.15, 0.2) is 30.5 Å². The van der Waals surface area contributed by atoms with Gasteiger partial charge in [-0.05, 0) is 36.4 Å². The van der Waals surface area contributed by atoms with Crippen molar-refractivity contribution in [3.63, 3.8) is 0 Å². The number of carbonyl (C=O) groups excluding carboxylic acids is 1. The molecule has 2 amide bonds. The molecule has 1 saturated heterocycles. The highest BCUT2D eigenvalue weighted by Gasteiger charge is 2.32. The monoisotopic (exact) mass is 345 g/mol. The Hall–Kier alpha value is -2.05. The smallest absolute Gasteiger partial charge is 0.321 e. The van der Waals surface area contributed by atoms with E-state index in [0.29, 0.717) is 13.2 Å². The fourth-order valence-electron chi connectivity index (χ4n) is 3.47. The predicted octanol–water partition coefficient (Wildman–Crippen LogP) is 2.91. The van der Waals surface area contributed by atoms with E-state index in [1.165, 1.54) is 0 Å². The fraction of sp³-hybridized carbons (Fsp3) is 0.526. The number of anilines is 1. The number of rotatable bonds is 5. The number of nitrogens with zero attached hydrogens (tertiary/aromatic N) is 2. The minimum Gasteiger partial charge on any atom is -0.396 e. The standard InChI is InChI=1S/C19H27N3O3/c1-19(14-23)7-3-8-22(13-19)18(24)20-16-5-4-15-6-9-21(10-11-25-2)17(15)12-16/h4-6,9,12,23H,3,7-8,10-11,13-14H2,1-2H3,(H,20,24). The van der Waals surface area contributed by atoms with E-state index in [4.69, 9.17) is 4.74 Å². The van der Waals surface area contributed by atoms with Crippen molar-refractivity contribution in [3.8, 4) is 0 Å². The molecule has 3 rings (SSSR count). The summed E-state index contributed by atoms with van der Waals surface area (Å²) in [5.41, 5.74) is 1.66. The number of benzene rings is 1. The number of methoxy groups -OCH3 is 1. The number of nitrogens with one attached hydrogen (secondary N) is 1. The Labute approximate surface area is 148 Å². The second kappa shape index (κ2) is 7.45. The van der Waals surface area contributed by atoms with Gasteiger partial charge >= 0.3 is 6.03 Å². The van der Waals surface area contributed by atoms with Gasteiger partial charge in [-0.25, -0.2) is 4.79 Å². The van der Waals surface area contributed by atoms with Crippen LogP contribution in [-0.2, 0) is 11.3 Å². The molecule has 6 nitrogen and oxygen atoms in total. The number of ether oxygens (including phenoxy) is 1. The second-order valence-electron chi connectivity index (χ2n) is 7.20. The third-order valence-electron chi connectivity index (χ3n) is 5.01. The Morgan fingerprint density at radius 3 is 3.00 bits per heavy atom. The van der Waals surface area contributed by atoms with E-state index >= 15 is 0 Å². The van der Waals surface area contributed by atoms with E-state index in [0.717, 1.165) is 42.5 Å². The van der Waals surface area contributed by atoms with Crippen LogP contribution in [-0.4, -0.2) is 54.0 Å². The number of aliphatic hydroxyl groups is 1. The summed E-state index contributed by atoms with van der Waals surface area (Å²) in [6, 6.07) is 7.90. The van der Waals surface area contributed by atoms with Gasteiger partial charge in [0.1, 0.15) is 0 Å². The van der Waals surface area contributed by atoms with Crippen LogP contribution in [0, 0.1) is 5.41 Å². The van der Waals surface area contributed by atoms with Crippen LogP contribution < -0.4 is 5.32 Å². The molecule has 1 aliphatic rings. The van der Waals surface area contributed by atoms with Crippen LogP contribution in [0.3, 0.4) is 0 Å². The third kappa shape index (κ3) is 3.96. The molecule has 1 aliphatic heterocycles. The number of urea groups is 1. The van der Waals surface area contributed by atoms with E-state index in [2.05, 4.69) is 16.0 Å². The predicted molar refractivity (Wildman–Crippen MR) is 98.8 cm³/mol. The Bertz CT molecular complexity index is 743. The zero-order chi connectivity index (χ0) is 17.9. The summed E-state index contributed by atoms with van der Waals surface area (Å²) >= 11 is 0. The number of hydrogen-bond donors (Lipinski definition) is 2. The SMILES string of the molecule is COCCn1ccc2ccc(NC(=O)N3CCCC(C)(CO)C3)cc21. The summed E-state index contributed by atoms with van der Waals surface area (Å²) in [7, 11) is 1.69. The fourth-order valence-corrected chi connectivity index (χ4v) is 3.47. The molecule has 1 fully saturated rings. The minimum absolute atomic E-state index is 0.103. The molecule has 0 radical (unpaired) electrons. The molecule has 2 heterocycles.